The number of piperidine rings is 2. The Hall–Kier alpha value is -3.18. The number of carbonyl (C=O) groups excluding carboxylic acids is 1. The van der Waals surface area contributed by atoms with E-state index >= 15 is 0 Å². The Kier molecular flexibility index (Phi) is 6.91. The summed E-state index contributed by atoms with van der Waals surface area (Å²) in [5, 5.41) is 12.3. The van der Waals surface area contributed by atoms with Crippen LogP contribution >= 0.6 is 0 Å². The maximum atomic E-state index is 13.2. The van der Waals surface area contributed by atoms with Crippen molar-refractivity contribution in [3.8, 4) is 6.07 Å². The number of carbonyl (C=O) groups is 1. The van der Waals surface area contributed by atoms with Crippen molar-refractivity contribution in [3.63, 3.8) is 0 Å². The van der Waals surface area contributed by atoms with Crippen LogP contribution in [0.25, 0.3) is 0 Å². The number of nitriles is 1. The van der Waals surface area contributed by atoms with Crippen LogP contribution in [-0.4, -0.2) is 70.1 Å². The van der Waals surface area contributed by atoms with Gasteiger partial charge in [-0.05, 0) is 57.2 Å². The SMILES string of the molecule is N#Cc1cnc(N2C[C@H]3CC[C@@H]2CN3C(=O)NC2CCCN(Cc3ccccc3)CCC2)nc1. The van der Waals surface area contributed by atoms with Crippen molar-refractivity contribution in [2.75, 3.05) is 31.1 Å². The molecule has 1 aromatic carbocycles. The summed E-state index contributed by atoms with van der Waals surface area (Å²) in [5.41, 5.74) is 1.84. The number of hydrogen-bond acceptors (Lipinski definition) is 6. The molecule has 8 heteroatoms. The monoisotopic (exact) mass is 459 g/mol. The molecule has 2 aromatic rings. The topological polar surface area (TPSA) is 88.4 Å². The van der Waals surface area contributed by atoms with Gasteiger partial charge in [0.1, 0.15) is 6.07 Å². The van der Waals surface area contributed by atoms with Gasteiger partial charge in [0, 0.05) is 31.7 Å². The lowest BCUT2D eigenvalue weighted by molar-refractivity contribution is 0.110. The molecule has 0 unspecified atom stereocenters. The number of nitrogens with zero attached hydrogens (tertiary/aromatic N) is 6. The van der Waals surface area contributed by atoms with Crippen LogP contribution in [0.15, 0.2) is 42.7 Å². The lowest BCUT2D eigenvalue weighted by Crippen LogP contribution is -2.66. The summed E-state index contributed by atoms with van der Waals surface area (Å²) in [5.74, 6) is 0.661. The summed E-state index contributed by atoms with van der Waals surface area (Å²) in [6.45, 7) is 4.62. The number of amides is 2. The fourth-order valence-corrected chi connectivity index (χ4v) is 5.63. The molecule has 1 N–H and O–H groups in total. The molecule has 8 nitrogen and oxygen atoms in total. The molecule has 6 rings (SSSR count). The van der Waals surface area contributed by atoms with E-state index in [1.165, 1.54) is 5.56 Å². The molecule has 34 heavy (non-hydrogen) atoms. The summed E-state index contributed by atoms with van der Waals surface area (Å²) >= 11 is 0. The van der Waals surface area contributed by atoms with E-state index in [4.69, 9.17) is 5.26 Å². The van der Waals surface area contributed by atoms with Crippen LogP contribution in [0.3, 0.4) is 0 Å². The molecule has 2 bridgehead atoms. The summed E-state index contributed by atoms with van der Waals surface area (Å²) in [6, 6.07) is 13.5. The van der Waals surface area contributed by atoms with Gasteiger partial charge in [0.25, 0.3) is 0 Å². The predicted molar refractivity (Wildman–Crippen MR) is 130 cm³/mol. The molecule has 4 fully saturated rings. The molecule has 4 aliphatic rings. The van der Waals surface area contributed by atoms with E-state index in [2.05, 4.69) is 61.5 Å². The number of urea groups is 1. The van der Waals surface area contributed by atoms with Crippen LogP contribution in [0, 0.1) is 11.3 Å². The molecule has 178 valence electrons. The largest absolute Gasteiger partial charge is 0.335 e. The molecule has 2 amide bonds. The van der Waals surface area contributed by atoms with Gasteiger partial charge in [0.2, 0.25) is 5.95 Å². The standard InChI is InChI=1S/C26H33N7O/c27-14-21-15-28-25(29-16-21)32-18-24-11-10-23(32)19-33(24)26(34)30-22-8-4-12-31(13-5-9-22)17-20-6-2-1-3-7-20/h1-3,6-7,15-16,22-24H,4-5,8-13,17-19H2,(H,30,34)/t23-,24-/m1/s1. The quantitative estimate of drug-likeness (QED) is 0.756. The number of aromatic nitrogens is 2. The van der Waals surface area contributed by atoms with Crippen LogP contribution < -0.4 is 10.2 Å². The van der Waals surface area contributed by atoms with Crippen molar-refractivity contribution < 1.29 is 4.79 Å². The number of piperazine rings is 1. The number of anilines is 1. The van der Waals surface area contributed by atoms with Gasteiger partial charge in [0.15, 0.2) is 0 Å². The van der Waals surface area contributed by atoms with Crippen LogP contribution in [0.5, 0.6) is 0 Å². The van der Waals surface area contributed by atoms with Crippen molar-refractivity contribution in [2.45, 2.75) is 63.2 Å². The van der Waals surface area contributed by atoms with Gasteiger partial charge in [0.05, 0.1) is 24.0 Å². The Balaban J connectivity index is 1.12. The van der Waals surface area contributed by atoms with E-state index in [1.807, 2.05) is 4.90 Å². The van der Waals surface area contributed by atoms with Crippen LogP contribution in [0.2, 0.25) is 0 Å². The molecule has 0 saturated carbocycles. The zero-order valence-corrected chi connectivity index (χ0v) is 19.6. The molecule has 2 atom stereocenters. The second-order valence-electron chi connectivity index (χ2n) is 9.77. The number of rotatable bonds is 4. The first-order chi connectivity index (χ1) is 16.7. The van der Waals surface area contributed by atoms with E-state index < -0.39 is 0 Å². The fourth-order valence-electron chi connectivity index (χ4n) is 5.63. The smallest absolute Gasteiger partial charge is 0.317 e. The highest BCUT2D eigenvalue weighted by Crippen LogP contribution is 2.31. The van der Waals surface area contributed by atoms with E-state index in [1.54, 1.807) is 12.4 Å². The molecular formula is C26H33N7O. The number of benzene rings is 1. The van der Waals surface area contributed by atoms with Crippen molar-refractivity contribution in [1.82, 2.24) is 25.1 Å². The zero-order chi connectivity index (χ0) is 23.3. The third-order valence-corrected chi connectivity index (χ3v) is 7.45. The molecule has 1 aromatic heterocycles. The molecule has 4 saturated heterocycles. The third-order valence-electron chi connectivity index (χ3n) is 7.45. The van der Waals surface area contributed by atoms with E-state index in [-0.39, 0.29) is 24.2 Å². The second-order valence-corrected chi connectivity index (χ2v) is 9.77. The minimum absolute atomic E-state index is 0.0850. The average Bonchev–Trinajstić information content (AvgIpc) is 2.87. The van der Waals surface area contributed by atoms with Crippen LogP contribution in [0.1, 0.15) is 49.7 Å². The first-order valence-corrected chi connectivity index (χ1v) is 12.5. The zero-order valence-electron chi connectivity index (χ0n) is 19.6. The highest BCUT2D eigenvalue weighted by molar-refractivity contribution is 5.75. The van der Waals surface area contributed by atoms with Gasteiger partial charge in [-0.25, -0.2) is 14.8 Å². The van der Waals surface area contributed by atoms with E-state index in [9.17, 15) is 4.79 Å². The Labute approximate surface area is 201 Å². The van der Waals surface area contributed by atoms with E-state index in [0.717, 1.165) is 64.7 Å². The molecule has 0 spiro atoms. The lowest BCUT2D eigenvalue weighted by atomic mass is 9.91. The maximum absolute atomic E-state index is 13.2. The average molecular weight is 460 g/mol. The molecule has 0 aliphatic carbocycles. The van der Waals surface area contributed by atoms with Gasteiger partial charge < -0.3 is 15.1 Å². The molecular weight excluding hydrogens is 426 g/mol. The minimum Gasteiger partial charge on any atom is -0.335 e. The van der Waals surface area contributed by atoms with Crippen LogP contribution in [-0.2, 0) is 6.54 Å². The first-order valence-electron chi connectivity index (χ1n) is 12.5. The Bertz CT molecular complexity index is 996. The minimum atomic E-state index is 0.0850. The lowest BCUT2D eigenvalue weighted by Gasteiger charge is -2.51. The Morgan fingerprint density at radius 3 is 2.35 bits per heavy atom. The van der Waals surface area contributed by atoms with Gasteiger partial charge in [-0.2, -0.15) is 5.26 Å². The van der Waals surface area contributed by atoms with Gasteiger partial charge >= 0.3 is 6.03 Å². The summed E-state index contributed by atoms with van der Waals surface area (Å²) in [7, 11) is 0. The van der Waals surface area contributed by atoms with Crippen LogP contribution in [0.4, 0.5) is 10.7 Å². The highest BCUT2D eigenvalue weighted by Gasteiger charge is 2.42. The molecule has 0 radical (unpaired) electrons. The third kappa shape index (κ3) is 5.15. The molecule has 5 heterocycles. The predicted octanol–water partition coefficient (Wildman–Crippen LogP) is 3.16. The number of nitrogens with one attached hydrogen (secondary N) is 1. The second kappa shape index (κ2) is 10.4. The number of fused-ring (bicyclic) bond motifs is 3. The van der Waals surface area contributed by atoms with Crippen molar-refractivity contribution in [3.05, 3.63) is 53.9 Å². The molecule has 4 aliphatic heterocycles. The normalized spacial score (nSPS) is 23.7. The van der Waals surface area contributed by atoms with E-state index in [0.29, 0.717) is 18.1 Å². The van der Waals surface area contributed by atoms with Crippen molar-refractivity contribution in [1.29, 1.82) is 5.26 Å². The van der Waals surface area contributed by atoms with Crippen molar-refractivity contribution in [2.24, 2.45) is 0 Å². The van der Waals surface area contributed by atoms with Gasteiger partial charge in [-0.15, -0.1) is 0 Å². The Morgan fingerprint density at radius 2 is 1.71 bits per heavy atom. The van der Waals surface area contributed by atoms with Gasteiger partial charge in [-0.3, -0.25) is 4.90 Å². The number of hydrogen-bond donors (Lipinski definition) is 1. The first kappa shape index (κ1) is 22.6. The number of likely N-dealkylation sites (tertiary alicyclic amines) is 1. The Morgan fingerprint density at radius 1 is 1.00 bits per heavy atom. The van der Waals surface area contributed by atoms with Crippen molar-refractivity contribution >= 4 is 12.0 Å². The summed E-state index contributed by atoms with van der Waals surface area (Å²) in [6.07, 6.45) is 9.48. The summed E-state index contributed by atoms with van der Waals surface area (Å²) < 4.78 is 0. The van der Waals surface area contributed by atoms with Gasteiger partial charge in [-0.1, -0.05) is 30.3 Å². The maximum Gasteiger partial charge on any atom is 0.317 e. The fraction of sp³-hybridized carbons (Fsp3) is 0.538. The summed E-state index contributed by atoms with van der Waals surface area (Å²) in [4.78, 5) is 28.7. The highest BCUT2D eigenvalue weighted by atomic mass is 16.2.